The third-order valence-corrected chi connectivity index (χ3v) is 5.14. The van der Waals surface area contributed by atoms with Crippen LogP contribution in [-0.2, 0) is 11.3 Å². The zero-order valence-corrected chi connectivity index (χ0v) is 12.0. The number of aromatic nitrogens is 2. The van der Waals surface area contributed by atoms with Crippen molar-refractivity contribution in [3.8, 4) is 0 Å². The number of nitrogens with one attached hydrogen (secondary N) is 1. The molecular weight excluding hydrogens is 306 g/mol. The molecule has 0 unspecified atom stereocenters. The molecule has 1 aliphatic rings. The van der Waals surface area contributed by atoms with E-state index in [4.69, 9.17) is 5.11 Å². The van der Waals surface area contributed by atoms with Crippen LogP contribution < -0.4 is 5.32 Å². The number of carbonyl (C=O) groups is 1. The predicted molar refractivity (Wildman–Crippen MR) is 70.2 cm³/mol. The van der Waals surface area contributed by atoms with E-state index in [1.807, 2.05) is 18.5 Å². The third kappa shape index (κ3) is 2.66. The zero-order valence-electron chi connectivity index (χ0n) is 9.61. The van der Waals surface area contributed by atoms with Crippen LogP contribution in [0.1, 0.15) is 11.4 Å². The van der Waals surface area contributed by atoms with Crippen molar-refractivity contribution in [1.29, 1.82) is 0 Å². The van der Waals surface area contributed by atoms with Gasteiger partial charge in [0.15, 0.2) is 0 Å². The summed E-state index contributed by atoms with van der Waals surface area (Å²) in [4.78, 5) is 10.8. The van der Waals surface area contributed by atoms with Crippen LogP contribution in [0, 0.1) is 13.8 Å². The molecule has 1 aliphatic heterocycles. The normalized spacial score (nSPS) is 24.2. The Kier molecular flexibility index (Phi) is 3.79. The van der Waals surface area contributed by atoms with Gasteiger partial charge in [-0.25, -0.2) is 0 Å². The SMILES string of the molecule is Cc1nn(C[C@H]2N[C@H](C(=O)O)CS2)c(C)c1Br. The van der Waals surface area contributed by atoms with E-state index in [0.717, 1.165) is 15.9 Å². The van der Waals surface area contributed by atoms with Gasteiger partial charge in [0.1, 0.15) is 6.04 Å². The van der Waals surface area contributed by atoms with Crippen LogP contribution in [0.15, 0.2) is 4.47 Å². The molecule has 0 spiro atoms. The number of carboxylic acids is 1. The van der Waals surface area contributed by atoms with E-state index in [1.165, 1.54) is 0 Å². The van der Waals surface area contributed by atoms with Crippen LogP contribution in [0.4, 0.5) is 0 Å². The molecule has 2 heterocycles. The number of aliphatic carboxylic acids is 1. The topological polar surface area (TPSA) is 67.2 Å². The van der Waals surface area contributed by atoms with Crippen molar-refractivity contribution < 1.29 is 9.90 Å². The van der Waals surface area contributed by atoms with Crippen molar-refractivity contribution in [1.82, 2.24) is 15.1 Å². The fraction of sp³-hybridized carbons (Fsp3) is 0.600. The Morgan fingerprint density at radius 2 is 2.41 bits per heavy atom. The summed E-state index contributed by atoms with van der Waals surface area (Å²) in [6.07, 6.45) is 0. The number of halogens is 1. The second-order valence-electron chi connectivity index (χ2n) is 4.05. The summed E-state index contributed by atoms with van der Waals surface area (Å²) in [6.45, 7) is 4.63. The first kappa shape index (κ1) is 12.9. The molecule has 0 amide bonds. The summed E-state index contributed by atoms with van der Waals surface area (Å²) in [5.74, 6) is -0.171. The van der Waals surface area contributed by atoms with Crippen molar-refractivity contribution in [2.45, 2.75) is 31.8 Å². The molecule has 0 bridgehead atoms. The molecule has 0 radical (unpaired) electrons. The lowest BCUT2D eigenvalue weighted by atomic mass is 10.3. The Hall–Kier alpha value is -0.530. The van der Waals surface area contributed by atoms with Crippen molar-refractivity contribution in [3.05, 3.63) is 15.9 Å². The minimum Gasteiger partial charge on any atom is -0.480 e. The lowest BCUT2D eigenvalue weighted by Crippen LogP contribution is -2.38. The van der Waals surface area contributed by atoms with Crippen LogP contribution in [0.2, 0.25) is 0 Å². The number of thioether (sulfide) groups is 1. The Morgan fingerprint density at radius 3 is 2.88 bits per heavy atom. The summed E-state index contributed by atoms with van der Waals surface area (Å²) in [5.41, 5.74) is 2.03. The van der Waals surface area contributed by atoms with E-state index in [1.54, 1.807) is 11.8 Å². The van der Waals surface area contributed by atoms with Gasteiger partial charge >= 0.3 is 5.97 Å². The van der Waals surface area contributed by atoms with Gasteiger partial charge in [0.2, 0.25) is 0 Å². The molecule has 7 heteroatoms. The van der Waals surface area contributed by atoms with Crippen molar-refractivity contribution in [3.63, 3.8) is 0 Å². The average Bonchev–Trinajstić information content (AvgIpc) is 2.82. The fourth-order valence-corrected chi connectivity index (χ4v) is 3.25. The van der Waals surface area contributed by atoms with Gasteiger partial charge in [0.05, 0.1) is 22.1 Å². The molecule has 2 N–H and O–H groups in total. The summed E-state index contributed by atoms with van der Waals surface area (Å²) in [5, 5.41) is 16.5. The molecule has 0 saturated carbocycles. The van der Waals surface area contributed by atoms with Crippen LogP contribution in [0.5, 0.6) is 0 Å². The molecule has 2 atom stereocenters. The lowest BCUT2D eigenvalue weighted by Gasteiger charge is -2.12. The van der Waals surface area contributed by atoms with Gasteiger partial charge in [-0.15, -0.1) is 11.8 Å². The lowest BCUT2D eigenvalue weighted by molar-refractivity contribution is -0.138. The molecule has 94 valence electrons. The molecule has 1 aromatic heterocycles. The van der Waals surface area contributed by atoms with Gasteiger partial charge in [0, 0.05) is 11.4 Å². The number of nitrogens with zero attached hydrogens (tertiary/aromatic N) is 2. The molecule has 1 fully saturated rings. The Morgan fingerprint density at radius 1 is 1.71 bits per heavy atom. The van der Waals surface area contributed by atoms with Gasteiger partial charge in [0.25, 0.3) is 0 Å². The van der Waals surface area contributed by atoms with Gasteiger partial charge in [-0.1, -0.05) is 0 Å². The molecule has 0 aromatic carbocycles. The van der Waals surface area contributed by atoms with Crippen molar-refractivity contribution in [2.24, 2.45) is 0 Å². The highest BCUT2D eigenvalue weighted by molar-refractivity contribution is 9.10. The quantitative estimate of drug-likeness (QED) is 0.881. The minimum atomic E-state index is -0.783. The molecule has 17 heavy (non-hydrogen) atoms. The molecule has 1 saturated heterocycles. The van der Waals surface area contributed by atoms with E-state index in [-0.39, 0.29) is 5.37 Å². The standard InChI is InChI=1S/C10H14BrN3O2S/c1-5-9(11)6(2)14(13-5)3-8-12-7(4-17-8)10(15)16/h7-8,12H,3-4H2,1-2H3,(H,15,16)/t7-,8-/m0/s1. The predicted octanol–water partition coefficient (Wildman–Crippen LogP) is 1.38. The summed E-state index contributed by atoms with van der Waals surface area (Å²) in [6, 6.07) is -0.439. The van der Waals surface area contributed by atoms with E-state index in [2.05, 4.69) is 26.3 Å². The first-order valence-corrected chi connectivity index (χ1v) is 7.13. The second-order valence-corrected chi connectivity index (χ2v) is 6.08. The van der Waals surface area contributed by atoms with Crippen molar-refractivity contribution in [2.75, 3.05) is 5.75 Å². The van der Waals surface area contributed by atoms with Gasteiger partial charge in [-0.3, -0.25) is 14.8 Å². The number of carboxylic acid groups (broad SMARTS) is 1. The molecular formula is C10H14BrN3O2S. The van der Waals surface area contributed by atoms with E-state index < -0.39 is 12.0 Å². The molecule has 2 rings (SSSR count). The van der Waals surface area contributed by atoms with Crippen LogP contribution >= 0.6 is 27.7 Å². The zero-order chi connectivity index (χ0) is 12.6. The third-order valence-electron chi connectivity index (χ3n) is 2.78. The number of hydrogen-bond acceptors (Lipinski definition) is 4. The van der Waals surface area contributed by atoms with Crippen molar-refractivity contribution >= 4 is 33.7 Å². The first-order chi connectivity index (χ1) is 7.99. The number of hydrogen-bond donors (Lipinski definition) is 2. The molecule has 5 nitrogen and oxygen atoms in total. The van der Waals surface area contributed by atoms with E-state index in [0.29, 0.717) is 12.3 Å². The average molecular weight is 320 g/mol. The summed E-state index contributed by atoms with van der Waals surface area (Å²) >= 11 is 5.11. The maximum Gasteiger partial charge on any atom is 0.321 e. The summed E-state index contributed by atoms with van der Waals surface area (Å²) < 4.78 is 2.93. The Labute approximate surface area is 112 Å². The van der Waals surface area contributed by atoms with Gasteiger partial charge in [-0.05, 0) is 29.8 Å². The van der Waals surface area contributed by atoms with Gasteiger partial charge < -0.3 is 5.11 Å². The van der Waals surface area contributed by atoms with E-state index in [9.17, 15) is 4.79 Å². The van der Waals surface area contributed by atoms with Crippen LogP contribution in [0.3, 0.4) is 0 Å². The highest BCUT2D eigenvalue weighted by Crippen LogP contribution is 2.24. The Bertz CT molecular complexity index is 449. The number of rotatable bonds is 3. The Balaban J connectivity index is 2.03. The van der Waals surface area contributed by atoms with Crippen LogP contribution in [-0.4, -0.2) is 38.0 Å². The highest BCUT2D eigenvalue weighted by Gasteiger charge is 2.30. The second kappa shape index (κ2) is 4.99. The maximum atomic E-state index is 10.8. The largest absolute Gasteiger partial charge is 0.480 e. The minimum absolute atomic E-state index is 0.112. The molecule has 1 aromatic rings. The van der Waals surface area contributed by atoms with E-state index >= 15 is 0 Å². The highest BCUT2D eigenvalue weighted by atomic mass is 79.9. The fourth-order valence-electron chi connectivity index (χ4n) is 1.79. The first-order valence-electron chi connectivity index (χ1n) is 5.29. The van der Waals surface area contributed by atoms with Gasteiger partial charge in [-0.2, -0.15) is 5.10 Å². The maximum absolute atomic E-state index is 10.8. The number of aryl methyl sites for hydroxylation is 1. The van der Waals surface area contributed by atoms with Crippen LogP contribution in [0.25, 0.3) is 0 Å². The monoisotopic (exact) mass is 319 g/mol. The smallest absolute Gasteiger partial charge is 0.321 e. The molecule has 0 aliphatic carbocycles. The summed E-state index contributed by atoms with van der Waals surface area (Å²) in [7, 11) is 0.